The topological polar surface area (TPSA) is 49.7 Å². The Morgan fingerprint density at radius 3 is 2.58 bits per heavy atom. The molecule has 0 heterocycles. The van der Waals surface area contributed by atoms with Crippen molar-refractivity contribution in [2.75, 3.05) is 0 Å². The predicted molar refractivity (Wildman–Crippen MR) is 71.9 cm³/mol. The fourth-order valence-electron chi connectivity index (χ4n) is 2.48. The standard InChI is InChI=1S/C16H16O3/c17-14-9-13-12(16(14)18)7-4-8-15(13)19-10-11-5-2-1-3-6-11/h1-8,14,16-18H,9-10H2. The average molecular weight is 256 g/mol. The summed E-state index contributed by atoms with van der Waals surface area (Å²) in [6.07, 6.45) is -1.08. The molecule has 2 atom stereocenters. The van der Waals surface area contributed by atoms with Gasteiger partial charge in [0.15, 0.2) is 0 Å². The summed E-state index contributed by atoms with van der Waals surface area (Å²) in [4.78, 5) is 0. The quantitative estimate of drug-likeness (QED) is 0.885. The zero-order valence-corrected chi connectivity index (χ0v) is 10.5. The smallest absolute Gasteiger partial charge is 0.123 e. The first-order valence-corrected chi connectivity index (χ1v) is 6.40. The molecule has 0 aromatic heterocycles. The summed E-state index contributed by atoms with van der Waals surface area (Å²) in [6, 6.07) is 15.5. The molecule has 98 valence electrons. The van der Waals surface area contributed by atoms with Crippen LogP contribution >= 0.6 is 0 Å². The number of ether oxygens (including phenoxy) is 1. The van der Waals surface area contributed by atoms with Gasteiger partial charge in [-0.05, 0) is 17.2 Å². The summed E-state index contributed by atoms with van der Waals surface area (Å²) in [5.74, 6) is 0.747. The van der Waals surface area contributed by atoms with E-state index < -0.39 is 12.2 Å². The van der Waals surface area contributed by atoms with Crippen molar-refractivity contribution in [1.82, 2.24) is 0 Å². The van der Waals surface area contributed by atoms with E-state index in [4.69, 9.17) is 4.74 Å². The number of benzene rings is 2. The summed E-state index contributed by atoms with van der Waals surface area (Å²) in [5.41, 5.74) is 2.79. The number of aliphatic hydroxyl groups is 2. The van der Waals surface area contributed by atoms with Crippen molar-refractivity contribution in [2.45, 2.75) is 25.2 Å². The zero-order valence-electron chi connectivity index (χ0n) is 10.5. The summed E-state index contributed by atoms with van der Waals surface area (Å²) in [5, 5.41) is 19.6. The van der Waals surface area contributed by atoms with E-state index in [1.165, 1.54) is 0 Å². The first kappa shape index (κ1) is 12.2. The van der Waals surface area contributed by atoms with Crippen LogP contribution in [0.3, 0.4) is 0 Å². The van der Waals surface area contributed by atoms with Gasteiger partial charge in [-0.15, -0.1) is 0 Å². The molecule has 3 heteroatoms. The first-order valence-electron chi connectivity index (χ1n) is 6.40. The lowest BCUT2D eigenvalue weighted by Crippen LogP contribution is -2.11. The normalized spacial score (nSPS) is 21.2. The van der Waals surface area contributed by atoms with Gasteiger partial charge in [0.25, 0.3) is 0 Å². The van der Waals surface area contributed by atoms with Gasteiger partial charge in [0.1, 0.15) is 18.5 Å². The van der Waals surface area contributed by atoms with Crippen molar-refractivity contribution in [3.8, 4) is 5.75 Å². The molecule has 1 aliphatic carbocycles. The predicted octanol–water partition coefficient (Wildman–Crippen LogP) is 2.22. The Morgan fingerprint density at radius 2 is 1.79 bits per heavy atom. The van der Waals surface area contributed by atoms with Crippen LogP contribution in [0, 0.1) is 0 Å². The van der Waals surface area contributed by atoms with Gasteiger partial charge in [-0.1, -0.05) is 42.5 Å². The van der Waals surface area contributed by atoms with Crippen LogP contribution in [-0.2, 0) is 13.0 Å². The second-order valence-corrected chi connectivity index (χ2v) is 4.81. The third-order valence-corrected chi connectivity index (χ3v) is 3.50. The Hall–Kier alpha value is -1.84. The Kier molecular flexibility index (Phi) is 3.23. The van der Waals surface area contributed by atoms with Gasteiger partial charge in [-0.25, -0.2) is 0 Å². The highest BCUT2D eigenvalue weighted by Crippen LogP contribution is 2.37. The summed E-state index contributed by atoms with van der Waals surface area (Å²) < 4.78 is 5.81. The van der Waals surface area contributed by atoms with Gasteiger partial charge in [-0.2, -0.15) is 0 Å². The SMILES string of the molecule is OC1Cc2c(OCc3ccccc3)cccc2C1O. The maximum Gasteiger partial charge on any atom is 0.123 e. The highest BCUT2D eigenvalue weighted by molar-refractivity contribution is 5.45. The summed E-state index contributed by atoms with van der Waals surface area (Å²) in [6.45, 7) is 0.490. The molecular formula is C16H16O3. The third-order valence-electron chi connectivity index (χ3n) is 3.50. The van der Waals surface area contributed by atoms with Crippen LogP contribution in [0.1, 0.15) is 22.8 Å². The molecule has 0 spiro atoms. The second kappa shape index (κ2) is 5.03. The van der Waals surface area contributed by atoms with Gasteiger partial charge in [0, 0.05) is 12.0 Å². The second-order valence-electron chi connectivity index (χ2n) is 4.81. The molecule has 2 aromatic rings. The van der Waals surface area contributed by atoms with Gasteiger partial charge in [-0.3, -0.25) is 0 Å². The minimum atomic E-state index is -0.796. The van der Waals surface area contributed by atoms with Crippen molar-refractivity contribution in [1.29, 1.82) is 0 Å². The van der Waals surface area contributed by atoms with Gasteiger partial charge in [0.2, 0.25) is 0 Å². The fraction of sp³-hybridized carbons (Fsp3) is 0.250. The zero-order chi connectivity index (χ0) is 13.2. The molecule has 0 saturated carbocycles. The number of fused-ring (bicyclic) bond motifs is 1. The van der Waals surface area contributed by atoms with E-state index >= 15 is 0 Å². The molecule has 0 amide bonds. The molecule has 19 heavy (non-hydrogen) atoms. The van der Waals surface area contributed by atoms with Crippen molar-refractivity contribution >= 4 is 0 Å². The Balaban J connectivity index is 1.80. The van der Waals surface area contributed by atoms with Crippen molar-refractivity contribution in [3.05, 3.63) is 65.2 Å². The van der Waals surface area contributed by atoms with Crippen LogP contribution in [0.2, 0.25) is 0 Å². The molecule has 1 aliphatic rings. The molecule has 0 saturated heterocycles. The molecule has 2 aromatic carbocycles. The van der Waals surface area contributed by atoms with Gasteiger partial charge >= 0.3 is 0 Å². The highest BCUT2D eigenvalue weighted by atomic mass is 16.5. The Bertz CT molecular complexity index is 565. The van der Waals surface area contributed by atoms with Crippen LogP contribution in [0.15, 0.2) is 48.5 Å². The van der Waals surface area contributed by atoms with E-state index in [0.29, 0.717) is 13.0 Å². The molecule has 0 fully saturated rings. The van der Waals surface area contributed by atoms with Crippen LogP contribution < -0.4 is 4.74 Å². The van der Waals surface area contributed by atoms with Gasteiger partial charge in [0.05, 0.1) is 6.10 Å². The lowest BCUT2D eigenvalue weighted by Gasteiger charge is -2.11. The molecule has 2 unspecified atom stereocenters. The van der Waals surface area contributed by atoms with Crippen molar-refractivity contribution in [2.24, 2.45) is 0 Å². The van der Waals surface area contributed by atoms with Crippen LogP contribution in [0.5, 0.6) is 5.75 Å². The number of hydrogen-bond acceptors (Lipinski definition) is 3. The lowest BCUT2D eigenvalue weighted by atomic mass is 10.1. The van der Waals surface area contributed by atoms with E-state index in [1.807, 2.05) is 48.5 Å². The van der Waals surface area contributed by atoms with Crippen LogP contribution in [0.4, 0.5) is 0 Å². The lowest BCUT2D eigenvalue weighted by molar-refractivity contribution is 0.0326. The monoisotopic (exact) mass is 256 g/mol. The molecule has 3 rings (SSSR count). The van der Waals surface area contributed by atoms with Crippen molar-refractivity contribution in [3.63, 3.8) is 0 Å². The average Bonchev–Trinajstić information content (AvgIpc) is 2.74. The maximum absolute atomic E-state index is 9.85. The maximum atomic E-state index is 9.85. The Labute approximate surface area is 112 Å². The minimum Gasteiger partial charge on any atom is -0.489 e. The third kappa shape index (κ3) is 2.35. The molecular weight excluding hydrogens is 240 g/mol. The van der Waals surface area contributed by atoms with Gasteiger partial charge < -0.3 is 14.9 Å². The molecule has 0 aliphatic heterocycles. The molecule has 0 radical (unpaired) electrons. The number of rotatable bonds is 3. The largest absolute Gasteiger partial charge is 0.489 e. The Morgan fingerprint density at radius 1 is 1.00 bits per heavy atom. The van der Waals surface area contributed by atoms with E-state index in [1.54, 1.807) is 0 Å². The summed E-state index contributed by atoms with van der Waals surface area (Å²) >= 11 is 0. The molecule has 2 N–H and O–H groups in total. The van der Waals surface area contributed by atoms with E-state index in [0.717, 1.165) is 22.4 Å². The first-order chi connectivity index (χ1) is 9.25. The van der Waals surface area contributed by atoms with E-state index in [2.05, 4.69) is 0 Å². The highest BCUT2D eigenvalue weighted by Gasteiger charge is 2.31. The van der Waals surface area contributed by atoms with E-state index in [-0.39, 0.29) is 0 Å². The van der Waals surface area contributed by atoms with Crippen LogP contribution in [0.25, 0.3) is 0 Å². The summed E-state index contributed by atoms with van der Waals surface area (Å²) in [7, 11) is 0. The molecule has 3 nitrogen and oxygen atoms in total. The molecule has 0 bridgehead atoms. The fourth-order valence-corrected chi connectivity index (χ4v) is 2.48. The number of aliphatic hydroxyl groups excluding tert-OH is 2. The number of hydrogen-bond donors (Lipinski definition) is 2. The van der Waals surface area contributed by atoms with Crippen LogP contribution in [-0.4, -0.2) is 16.3 Å². The minimum absolute atomic E-state index is 0.446. The van der Waals surface area contributed by atoms with E-state index in [9.17, 15) is 10.2 Å². The van der Waals surface area contributed by atoms with Crippen molar-refractivity contribution < 1.29 is 14.9 Å².